The fraction of sp³-hybridized carbons (Fsp3) is 0.538. The number of benzene rings is 1. The summed E-state index contributed by atoms with van der Waals surface area (Å²) in [6.45, 7) is 1.18. The van der Waals surface area contributed by atoms with E-state index in [1.807, 2.05) is 0 Å². The minimum Gasteiger partial charge on any atom is -0.495 e. The van der Waals surface area contributed by atoms with E-state index in [1.165, 1.54) is 19.2 Å². The molecule has 0 radical (unpaired) electrons. The standard InChI is InChI=1S/C13H20N2O3S/c1-18-13-10-11(6-7-12(13)14)19(16,17)15-8-4-2-3-5-9-15/h6-7,10H,2-5,8-9,14H2,1H3. The zero-order valence-electron chi connectivity index (χ0n) is 11.1. The Kier molecular flexibility index (Phi) is 4.31. The minimum atomic E-state index is -3.44. The van der Waals surface area contributed by atoms with E-state index < -0.39 is 10.0 Å². The van der Waals surface area contributed by atoms with Gasteiger partial charge in [-0.2, -0.15) is 4.31 Å². The summed E-state index contributed by atoms with van der Waals surface area (Å²) in [6.07, 6.45) is 4.03. The first-order valence-electron chi connectivity index (χ1n) is 6.49. The van der Waals surface area contributed by atoms with Crippen LogP contribution in [0.25, 0.3) is 0 Å². The van der Waals surface area contributed by atoms with Crippen molar-refractivity contribution in [3.05, 3.63) is 18.2 Å². The van der Waals surface area contributed by atoms with Gasteiger partial charge >= 0.3 is 0 Å². The number of ether oxygens (including phenoxy) is 1. The first kappa shape index (κ1) is 14.1. The molecular formula is C13H20N2O3S. The maximum atomic E-state index is 12.5. The Hall–Kier alpha value is -1.27. The van der Waals surface area contributed by atoms with Crippen LogP contribution >= 0.6 is 0 Å². The number of nitrogen functional groups attached to an aromatic ring is 1. The van der Waals surface area contributed by atoms with E-state index >= 15 is 0 Å². The summed E-state index contributed by atoms with van der Waals surface area (Å²) < 4.78 is 31.7. The Bertz CT molecular complexity index is 535. The molecule has 19 heavy (non-hydrogen) atoms. The van der Waals surface area contributed by atoms with Crippen molar-refractivity contribution in [2.24, 2.45) is 0 Å². The predicted octanol–water partition coefficient (Wildman–Crippen LogP) is 1.84. The number of methoxy groups -OCH3 is 1. The van der Waals surface area contributed by atoms with Gasteiger partial charge in [-0.05, 0) is 25.0 Å². The molecule has 0 atom stereocenters. The van der Waals surface area contributed by atoms with Crippen molar-refractivity contribution in [1.29, 1.82) is 0 Å². The fourth-order valence-corrected chi connectivity index (χ4v) is 3.82. The van der Waals surface area contributed by atoms with Crippen LogP contribution in [0.5, 0.6) is 5.75 Å². The zero-order valence-corrected chi connectivity index (χ0v) is 11.9. The van der Waals surface area contributed by atoms with E-state index in [9.17, 15) is 8.42 Å². The molecule has 2 N–H and O–H groups in total. The van der Waals surface area contributed by atoms with Gasteiger partial charge in [-0.3, -0.25) is 0 Å². The van der Waals surface area contributed by atoms with Gasteiger partial charge in [0.25, 0.3) is 0 Å². The second-order valence-corrected chi connectivity index (χ2v) is 6.66. The van der Waals surface area contributed by atoms with E-state index in [0.717, 1.165) is 25.7 Å². The van der Waals surface area contributed by atoms with Gasteiger partial charge in [0.15, 0.2) is 0 Å². The van der Waals surface area contributed by atoms with Crippen molar-refractivity contribution in [2.75, 3.05) is 25.9 Å². The summed E-state index contributed by atoms with van der Waals surface area (Å²) in [5, 5.41) is 0. The lowest BCUT2D eigenvalue weighted by atomic mass is 10.2. The maximum absolute atomic E-state index is 12.5. The van der Waals surface area contributed by atoms with Crippen molar-refractivity contribution < 1.29 is 13.2 Å². The summed E-state index contributed by atoms with van der Waals surface area (Å²) in [5.41, 5.74) is 6.16. The Morgan fingerprint density at radius 3 is 2.37 bits per heavy atom. The average Bonchev–Trinajstić information content (AvgIpc) is 2.68. The molecule has 0 amide bonds. The Morgan fingerprint density at radius 1 is 1.16 bits per heavy atom. The predicted molar refractivity (Wildman–Crippen MR) is 74.6 cm³/mol. The first-order chi connectivity index (χ1) is 9.05. The molecule has 2 rings (SSSR count). The molecule has 0 bridgehead atoms. The van der Waals surface area contributed by atoms with Gasteiger partial charge in [-0.1, -0.05) is 12.8 Å². The van der Waals surface area contributed by atoms with Gasteiger partial charge in [-0.25, -0.2) is 8.42 Å². The maximum Gasteiger partial charge on any atom is 0.243 e. The normalized spacial score (nSPS) is 17.9. The van der Waals surface area contributed by atoms with Crippen molar-refractivity contribution in [2.45, 2.75) is 30.6 Å². The number of anilines is 1. The van der Waals surface area contributed by atoms with Crippen molar-refractivity contribution >= 4 is 15.7 Å². The van der Waals surface area contributed by atoms with Crippen LogP contribution in [0.1, 0.15) is 25.7 Å². The largest absolute Gasteiger partial charge is 0.495 e. The van der Waals surface area contributed by atoms with Gasteiger partial charge in [0.2, 0.25) is 10.0 Å². The van der Waals surface area contributed by atoms with Crippen LogP contribution in [0.4, 0.5) is 5.69 Å². The average molecular weight is 284 g/mol. The molecule has 0 spiro atoms. The quantitative estimate of drug-likeness (QED) is 0.860. The molecule has 0 unspecified atom stereocenters. The Morgan fingerprint density at radius 2 is 1.79 bits per heavy atom. The van der Waals surface area contributed by atoms with Crippen LogP contribution in [-0.4, -0.2) is 32.9 Å². The molecule has 0 aromatic heterocycles. The Balaban J connectivity index is 2.32. The van der Waals surface area contributed by atoms with Crippen LogP contribution < -0.4 is 10.5 Å². The molecule has 0 aliphatic carbocycles. The number of nitrogens with zero attached hydrogens (tertiary/aromatic N) is 1. The summed E-state index contributed by atoms with van der Waals surface area (Å²) >= 11 is 0. The van der Waals surface area contributed by atoms with Gasteiger partial charge in [0.1, 0.15) is 5.75 Å². The van der Waals surface area contributed by atoms with Gasteiger partial charge < -0.3 is 10.5 Å². The van der Waals surface area contributed by atoms with Crippen LogP contribution in [0, 0.1) is 0 Å². The molecule has 1 saturated heterocycles. The van der Waals surface area contributed by atoms with E-state index in [1.54, 1.807) is 10.4 Å². The number of sulfonamides is 1. The molecule has 1 fully saturated rings. The SMILES string of the molecule is COc1cc(S(=O)(=O)N2CCCCCC2)ccc1N. The van der Waals surface area contributed by atoms with Gasteiger partial charge in [0, 0.05) is 19.2 Å². The summed E-state index contributed by atoms with van der Waals surface area (Å²) in [4.78, 5) is 0.250. The molecule has 1 aromatic rings. The number of rotatable bonds is 3. The molecule has 1 aliphatic heterocycles. The highest BCUT2D eigenvalue weighted by molar-refractivity contribution is 7.89. The van der Waals surface area contributed by atoms with Gasteiger partial charge in [-0.15, -0.1) is 0 Å². The first-order valence-corrected chi connectivity index (χ1v) is 7.93. The topological polar surface area (TPSA) is 72.6 Å². The van der Waals surface area contributed by atoms with Crippen LogP contribution in [0.2, 0.25) is 0 Å². The fourth-order valence-electron chi connectivity index (χ4n) is 2.28. The lowest BCUT2D eigenvalue weighted by Gasteiger charge is -2.20. The highest BCUT2D eigenvalue weighted by Crippen LogP contribution is 2.27. The zero-order chi connectivity index (χ0) is 13.9. The van der Waals surface area contributed by atoms with Crippen LogP contribution in [0.3, 0.4) is 0 Å². The summed E-state index contributed by atoms with van der Waals surface area (Å²) in [6, 6.07) is 4.61. The van der Waals surface area contributed by atoms with Crippen LogP contribution in [0.15, 0.2) is 23.1 Å². The number of nitrogens with two attached hydrogens (primary N) is 1. The molecule has 106 valence electrons. The molecule has 1 aliphatic rings. The van der Waals surface area contributed by atoms with E-state index in [4.69, 9.17) is 10.5 Å². The lowest BCUT2D eigenvalue weighted by Crippen LogP contribution is -2.31. The van der Waals surface area contributed by atoms with E-state index in [-0.39, 0.29) is 4.90 Å². The third-order valence-corrected chi connectivity index (χ3v) is 5.30. The highest BCUT2D eigenvalue weighted by Gasteiger charge is 2.25. The molecular weight excluding hydrogens is 264 g/mol. The van der Waals surface area contributed by atoms with Crippen molar-refractivity contribution in [1.82, 2.24) is 4.31 Å². The molecule has 6 heteroatoms. The molecule has 5 nitrogen and oxygen atoms in total. The molecule has 0 saturated carbocycles. The second kappa shape index (κ2) is 5.79. The van der Waals surface area contributed by atoms with Crippen molar-refractivity contribution in [3.8, 4) is 5.75 Å². The Labute approximate surface area is 114 Å². The van der Waals surface area contributed by atoms with E-state index in [0.29, 0.717) is 24.5 Å². The van der Waals surface area contributed by atoms with E-state index in [2.05, 4.69) is 0 Å². The summed E-state index contributed by atoms with van der Waals surface area (Å²) in [5.74, 6) is 0.399. The number of hydrogen-bond donors (Lipinski definition) is 1. The highest BCUT2D eigenvalue weighted by atomic mass is 32.2. The molecule has 1 aromatic carbocycles. The minimum absolute atomic E-state index is 0.250. The number of hydrogen-bond acceptors (Lipinski definition) is 4. The van der Waals surface area contributed by atoms with Crippen molar-refractivity contribution in [3.63, 3.8) is 0 Å². The van der Waals surface area contributed by atoms with Gasteiger partial charge in [0.05, 0.1) is 17.7 Å². The smallest absolute Gasteiger partial charge is 0.243 e. The van der Waals surface area contributed by atoms with Crippen LogP contribution in [-0.2, 0) is 10.0 Å². The third-order valence-electron chi connectivity index (χ3n) is 3.41. The second-order valence-electron chi connectivity index (χ2n) is 4.72. The lowest BCUT2D eigenvalue weighted by molar-refractivity contribution is 0.411. The monoisotopic (exact) mass is 284 g/mol. The third kappa shape index (κ3) is 3.01. The molecule has 1 heterocycles. The summed E-state index contributed by atoms with van der Waals surface area (Å²) in [7, 11) is -1.96.